The van der Waals surface area contributed by atoms with Gasteiger partial charge in [-0.1, -0.05) is 0 Å². The summed E-state index contributed by atoms with van der Waals surface area (Å²) in [5.74, 6) is -0.499. The third-order valence-electron chi connectivity index (χ3n) is 2.98. The lowest BCUT2D eigenvalue weighted by Crippen LogP contribution is -2.27. The van der Waals surface area contributed by atoms with E-state index in [4.69, 9.17) is 0 Å². The highest BCUT2D eigenvalue weighted by Gasteiger charge is 2.46. The van der Waals surface area contributed by atoms with E-state index in [-0.39, 0.29) is 17.8 Å². The summed E-state index contributed by atoms with van der Waals surface area (Å²) in [4.78, 5) is 15.3. The Kier molecular flexibility index (Phi) is 3.16. The van der Waals surface area contributed by atoms with Crippen LogP contribution < -0.4 is 0 Å². The van der Waals surface area contributed by atoms with Crippen LogP contribution in [0, 0.1) is 5.92 Å². The predicted molar refractivity (Wildman–Crippen MR) is 63.1 cm³/mol. The van der Waals surface area contributed by atoms with Crippen LogP contribution in [0.25, 0.3) is 0 Å². The number of esters is 1. The van der Waals surface area contributed by atoms with Gasteiger partial charge in [-0.05, 0) is 6.42 Å². The number of methoxy groups -OCH3 is 1. The molecule has 1 aliphatic rings. The minimum Gasteiger partial charge on any atom is -0.469 e. The van der Waals surface area contributed by atoms with E-state index in [1.54, 1.807) is 0 Å². The Labute approximate surface area is 106 Å². The number of ether oxygens (including phenoxy) is 1. The summed E-state index contributed by atoms with van der Waals surface area (Å²) < 4.78 is 30.4. The Morgan fingerprint density at radius 1 is 1.56 bits per heavy atom. The van der Waals surface area contributed by atoms with Gasteiger partial charge in [0.1, 0.15) is 6.33 Å². The molecule has 0 aromatic carbocycles. The van der Waals surface area contributed by atoms with Crippen LogP contribution in [0.1, 0.15) is 18.0 Å². The average molecular weight is 273 g/mol. The third-order valence-corrected chi connectivity index (χ3v) is 4.64. The molecule has 8 heteroatoms. The zero-order chi connectivity index (χ0) is 13.5. The highest BCUT2D eigenvalue weighted by molar-refractivity contribution is 7.87. The smallest absolute Gasteiger partial charge is 0.309 e. The lowest BCUT2D eigenvalue weighted by Gasteiger charge is -2.10. The van der Waals surface area contributed by atoms with Crippen LogP contribution in [-0.2, 0) is 19.7 Å². The van der Waals surface area contributed by atoms with Crippen LogP contribution in [-0.4, -0.2) is 48.9 Å². The fraction of sp³-hybridized carbons (Fsp3) is 0.600. The fourth-order valence-corrected chi connectivity index (χ4v) is 2.55. The summed E-state index contributed by atoms with van der Waals surface area (Å²) in [6.45, 7) is 0. The summed E-state index contributed by atoms with van der Waals surface area (Å²) in [6.07, 6.45) is 3.35. The molecule has 0 aliphatic heterocycles. The topological polar surface area (TPSA) is 81.5 Å². The van der Waals surface area contributed by atoms with E-state index >= 15 is 0 Å². The largest absolute Gasteiger partial charge is 0.469 e. The first kappa shape index (κ1) is 13.0. The van der Waals surface area contributed by atoms with Gasteiger partial charge in [0.25, 0.3) is 0 Å². The van der Waals surface area contributed by atoms with Crippen LogP contribution in [0.15, 0.2) is 12.5 Å². The van der Waals surface area contributed by atoms with Gasteiger partial charge in [-0.25, -0.2) is 8.96 Å². The molecule has 100 valence electrons. The van der Waals surface area contributed by atoms with E-state index in [1.165, 1.54) is 33.7 Å². The molecule has 0 amide bonds. The molecular weight excluding hydrogens is 258 g/mol. The van der Waals surface area contributed by atoms with Crippen LogP contribution >= 0.6 is 0 Å². The molecule has 0 radical (unpaired) electrons. The van der Waals surface area contributed by atoms with Crippen molar-refractivity contribution >= 4 is 16.2 Å². The SMILES string of the molecule is COC(=O)[C@H]1C[C@@H]1c1cn(S(=O)(=O)N(C)C)cn1. The van der Waals surface area contributed by atoms with Gasteiger partial charge in [0, 0.05) is 26.2 Å². The van der Waals surface area contributed by atoms with Gasteiger partial charge in [-0.15, -0.1) is 0 Å². The first-order valence-electron chi connectivity index (χ1n) is 5.42. The number of hydrogen-bond donors (Lipinski definition) is 0. The van der Waals surface area contributed by atoms with Crippen molar-refractivity contribution in [2.24, 2.45) is 5.92 Å². The Morgan fingerprint density at radius 2 is 2.22 bits per heavy atom. The maximum Gasteiger partial charge on any atom is 0.309 e. The van der Waals surface area contributed by atoms with Gasteiger partial charge < -0.3 is 4.74 Å². The molecule has 0 unspecified atom stereocenters. The van der Waals surface area contributed by atoms with Crippen LogP contribution in [0.3, 0.4) is 0 Å². The van der Waals surface area contributed by atoms with Crippen molar-refractivity contribution in [2.45, 2.75) is 12.3 Å². The van der Waals surface area contributed by atoms with Crippen molar-refractivity contribution in [3.8, 4) is 0 Å². The number of carbonyl (C=O) groups excluding carboxylic acids is 1. The number of hydrogen-bond acceptors (Lipinski definition) is 5. The zero-order valence-corrected chi connectivity index (χ0v) is 11.2. The Morgan fingerprint density at radius 3 is 2.78 bits per heavy atom. The lowest BCUT2D eigenvalue weighted by molar-refractivity contribution is -0.142. The predicted octanol–water partition coefficient (Wildman–Crippen LogP) is -0.186. The second kappa shape index (κ2) is 4.36. The standard InChI is InChI=1S/C10H15N3O4S/c1-12(2)18(15,16)13-5-9(11-6-13)7-4-8(7)10(14)17-3/h5-8H,4H2,1-3H3/t7-,8-/m0/s1. The molecule has 2 atom stereocenters. The molecule has 1 aliphatic carbocycles. The third kappa shape index (κ3) is 2.13. The molecule has 18 heavy (non-hydrogen) atoms. The molecule has 1 aromatic rings. The molecule has 1 saturated carbocycles. The number of nitrogens with zero attached hydrogens (tertiary/aromatic N) is 3. The van der Waals surface area contributed by atoms with Crippen molar-refractivity contribution in [1.29, 1.82) is 0 Å². The van der Waals surface area contributed by atoms with Gasteiger partial charge in [0.05, 0.1) is 18.7 Å². The first-order chi connectivity index (χ1) is 8.37. The van der Waals surface area contributed by atoms with Gasteiger partial charge >= 0.3 is 16.2 Å². The Balaban J connectivity index is 2.16. The molecule has 1 fully saturated rings. The second-order valence-corrected chi connectivity index (χ2v) is 6.44. The van der Waals surface area contributed by atoms with E-state index in [1.807, 2.05) is 0 Å². The first-order valence-corrected chi connectivity index (χ1v) is 6.82. The molecule has 7 nitrogen and oxygen atoms in total. The number of carbonyl (C=O) groups is 1. The van der Waals surface area contributed by atoms with Gasteiger partial charge in [-0.3, -0.25) is 4.79 Å². The number of imidazole rings is 1. The second-order valence-electron chi connectivity index (χ2n) is 4.39. The van der Waals surface area contributed by atoms with Crippen molar-refractivity contribution in [1.82, 2.24) is 13.3 Å². The van der Waals surface area contributed by atoms with Gasteiger partial charge in [-0.2, -0.15) is 12.7 Å². The molecule has 0 bridgehead atoms. The fourth-order valence-electron chi connectivity index (χ4n) is 1.76. The summed E-state index contributed by atoms with van der Waals surface area (Å²) in [5, 5.41) is 0. The van der Waals surface area contributed by atoms with Gasteiger partial charge in [0.15, 0.2) is 0 Å². The zero-order valence-electron chi connectivity index (χ0n) is 10.4. The van der Waals surface area contributed by atoms with Crippen molar-refractivity contribution < 1.29 is 17.9 Å². The van der Waals surface area contributed by atoms with E-state index in [0.717, 1.165) is 8.28 Å². The quantitative estimate of drug-likeness (QED) is 0.710. The Bertz CT molecular complexity index is 563. The lowest BCUT2D eigenvalue weighted by atomic mass is 10.2. The summed E-state index contributed by atoms with van der Waals surface area (Å²) in [5.41, 5.74) is 0.607. The summed E-state index contributed by atoms with van der Waals surface area (Å²) in [7, 11) is 0.702. The Hall–Kier alpha value is -1.41. The molecule has 0 spiro atoms. The summed E-state index contributed by atoms with van der Waals surface area (Å²) >= 11 is 0. The highest BCUT2D eigenvalue weighted by Crippen LogP contribution is 2.47. The molecule has 2 rings (SSSR count). The van der Waals surface area contributed by atoms with E-state index in [2.05, 4.69) is 9.72 Å². The van der Waals surface area contributed by atoms with Crippen LogP contribution in [0.2, 0.25) is 0 Å². The van der Waals surface area contributed by atoms with Crippen molar-refractivity contribution in [3.05, 3.63) is 18.2 Å². The highest BCUT2D eigenvalue weighted by atomic mass is 32.2. The normalized spacial score (nSPS) is 23.1. The van der Waals surface area contributed by atoms with Crippen LogP contribution in [0.4, 0.5) is 0 Å². The van der Waals surface area contributed by atoms with E-state index in [9.17, 15) is 13.2 Å². The van der Waals surface area contributed by atoms with E-state index < -0.39 is 10.2 Å². The monoisotopic (exact) mass is 273 g/mol. The maximum absolute atomic E-state index is 11.8. The molecular formula is C10H15N3O4S. The average Bonchev–Trinajstić information content (AvgIpc) is 2.96. The van der Waals surface area contributed by atoms with Gasteiger partial charge in [0.2, 0.25) is 0 Å². The van der Waals surface area contributed by atoms with Crippen molar-refractivity contribution in [3.63, 3.8) is 0 Å². The molecule has 0 N–H and O–H groups in total. The molecule has 1 heterocycles. The molecule has 0 saturated heterocycles. The molecule has 1 aromatic heterocycles. The van der Waals surface area contributed by atoms with Crippen LogP contribution in [0.5, 0.6) is 0 Å². The maximum atomic E-state index is 11.8. The summed E-state index contributed by atoms with van der Waals surface area (Å²) in [6, 6.07) is 0. The van der Waals surface area contributed by atoms with E-state index in [0.29, 0.717) is 12.1 Å². The minimum absolute atomic E-state index is 0.0314. The number of aromatic nitrogens is 2. The minimum atomic E-state index is -3.53. The van der Waals surface area contributed by atoms with Crippen molar-refractivity contribution in [2.75, 3.05) is 21.2 Å². The number of rotatable bonds is 4.